The molecule has 126 valence electrons. The predicted octanol–water partition coefficient (Wildman–Crippen LogP) is 3.57. The summed E-state index contributed by atoms with van der Waals surface area (Å²) in [5.74, 6) is 0.796. The van der Waals surface area contributed by atoms with E-state index in [2.05, 4.69) is 39.9 Å². The van der Waals surface area contributed by atoms with Gasteiger partial charge < -0.3 is 10.6 Å². The normalized spacial score (nSPS) is 19.8. The van der Waals surface area contributed by atoms with Crippen molar-refractivity contribution in [2.75, 3.05) is 18.4 Å². The summed E-state index contributed by atoms with van der Waals surface area (Å²) in [6.07, 6.45) is 4.12. The third-order valence-corrected chi connectivity index (χ3v) is 4.94. The highest BCUT2D eigenvalue weighted by Gasteiger charge is 2.29. The average Bonchev–Trinajstić information content (AvgIpc) is 3.10. The molecule has 2 unspecified atom stereocenters. The molecule has 1 fully saturated rings. The Labute approximate surface area is 147 Å². The largest absolute Gasteiger partial charge is 0.326 e. The van der Waals surface area contributed by atoms with Gasteiger partial charge in [0.15, 0.2) is 0 Å². The Morgan fingerprint density at radius 2 is 1.96 bits per heavy atom. The van der Waals surface area contributed by atoms with Crippen molar-refractivity contribution in [1.82, 2.24) is 10.3 Å². The van der Waals surface area contributed by atoms with Crippen LogP contribution in [0.3, 0.4) is 0 Å². The fraction of sp³-hybridized carbons (Fsp3) is 0.238. The maximum Gasteiger partial charge on any atom is 0.224 e. The predicted molar refractivity (Wildman–Crippen MR) is 101 cm³/mol. The van der Waals surface area contributed by atoms with Gasteiger partial charge >= 0.3 is 0 Å². The topological polar surface area (TPSA) is 54.0 Å². The van der Waals surface area contributed by atoms with E-state index in [4.69, 9.17) is 0 Å². The molecule has 2 atom stereocenters. The van der Waals surface area contributed by atoms with Crippen LogP contribution in [0.4, 0.5) is 5.69 Å². The van der Waals surface area contributed by atoms with Gasteiger partial charge in [-0.3, -0.25) is 9.78 Å². The zero-order valence-electron chi connectivity index (χ0n) is 14.0. The maximum atomic E-state index is 12.5. The number of carbonyl (C=O) groups excluding carboxylic acids is 1. The Morgan fingerprint density at radius 1 is 1.08 bits per heavy atom. The number of anilines is 1. The van der Waals surface area contributed by atoms with Gasteiger partial charge in [-0.1, -0.05) is 36.4 Å². The summed E-state index contributed by atoms with van der Waals surface area (Å²) in [5.41, 5.74) is 2.15. The number of rotatable bonds is 4. The Bertz CT molecular complexity index is 878. The molecule has 4 nitrogen and oxygen atoms in total. The van der Waals surface area contributed by atoms with Crippen molar-refractivity contribution in [2.45, 2.75) is 12.3 Å². The van der Waals surface area contributed by atoms with E-state index < -0.39 is 0 Å². The molecule has 1 aromatic heterocycles. The highest BCUT2D eigenvalue weighted by atomic mass is 16.1. The van der Waals surface area contributed by atoms with Crippen LogP contribution in [0.5, 0.6) is 0 Å². The standard InChI is InChI=1S/C21H21N3O/c25-21(24-19-7-6-17-12-22-9-8-16(17)10-19)11-18-13-23-14-20(18)15-4-2-1-3-5-15/h1-10,12,18,20,23H,11,13-14H2,(H,24,25). The molecule has 2 aromatic carbocycles. The first-order chi connectivity index (χ1) is 12.3. The van der Waals surface area contributed by atoms with Crippen LogP contribution in [0.25, 0.3) is 10.8 Å². The van der Waals surface area contributed by atoms with Crippen molar-refractivity contribution in [3.05, 3.63) is 72.6 Å². The average molecular weight is 331 g/mol. The molecule has 2 heterocycles. The molecule has 0 aliphatic carbocycles. The molecule has 4 rings (SSSR count). The van der Waals surface area contributed by atoms with Gasteiger partial charge in [-0.2, -0.15) is 0 Å². The molecular weight excluding hydrogens is 310 g/mol. The molecule has 1 amide bonds. The van der Waals surface area contributed by atoms with Crippen LogP contribution in [0.15, 0.2) is 67.0 Å². The number of pyridine rings is 1. The minimum Gasteiger partial charge on any atom is -0.326 e. The molecule has 1 aliphatic rings. The van der Waals surface area contributed by atoms with E-state index in [0.29, 0.717) is 18.3 Å². The highest BCUT2D eigenvalue weighted by molar-refractivity contribution is 5.94. The fourth-order valence-corrected chi connectivity index (χ4v) is 3.65. The smallest absolute Gasteiger partial charge is 0.224 e. The van der Waals surface area contributed by atoms with E-state index in [1.807, 2.05) is 36.5 Å². The molecule has 3 aromatic rings. The Kier molecular flexibility index (Phi) is 4.44. The van der Waals surface area contributed by atoms with E-state index in [9.17, 15) is 4.79 Å². The molecule has 0 bridgehead atoms. The first-order valence-corrected chi connectivity index (χ1v) is 8.69. The third-order valence-electron chi connectivity index (χ3n) is 4.94. The van der Waals surface area contributed by atoms with Gasteiger partial charge in [0.05, 0.1) is 0 Å². The number of amides is 1. The van der Waals surface area contributed by atoms with E-state index in [1.165, 1.54) is 5.56 Å². The maximum absolute atomic E-state index is 12.5. The van der Waals surface area contributed by atoms with Crippen LogP contribution in [0.1, 0.15) is 17.9 Å². The number of nitrogens with zero attached hydrogens (tertiary/aromatic N) is 1. The molecule has 25 heavy (non-hydrogen) atoms. The summed E-state index contributed by atoms with van der Waals surface area (Å²) in [4.78, 5) is 16.6. The number of carbonyl (C=O) groups is 1. The summed E-state index contributed by atoms with van der Waals surface area (Å²) in [6.45, 7) is 1.82. The van der Waals surface area contributed by atoms with E-state index in [-0.39, 0.29) is 5.91 Å². The molecule has 1 aliphatic heterocycles. The lowest BCUT2D eigenvalue weighted by Crippen LogP contribution is -2.20. The lowest BCUT2D eigenvalue weighted by Gasteiger charge is -2.18. The number of nitrogens with one attached hydrogen (secondary N) is 2. The molecule has 4 heteroatoms. The number of hydrogen-bond acceptors (Lipinski definition) is 3. The van der Waals surface area contributed by atoms with Crippen molar-refractivity contribution >= 4 is 22.4 Å². The Balaban J connectivity index is 1.44. The first kappa shape index (κ1) is 15.8. The summed E-state index contributed by atoms with van der Waals surface area (Å²) in [6, 6.07) is 18.3. The molecule has 0 spiro atoms. The van der Waals surface area contributed by atoms with Crippen LogP contribution < -0.4 is 10.6 Å². The van der Waals surface area contributed by atoms with Gasteiger partial charge in [0.2, 0.25) is 5.91 Å². The van der Waals surface area contributed by atoms with Crippen molar-refractivity contribution in [2.24, 2.45) is 5.92 Å². The molecule has 0 radical (unpaired) electrons. The molecule has 0 saturated carbocycles. The van der Waals surface area contributed by atoms with Crippen molar-refractivity contribution in [1.29, 1.82) is 0 Å². The summed E-state index contributed by atoms with van der Waals surface area (Å²) < 4.78 is 0. The Morgan fingerprint density at radius 3 is 2.84 bits per heavy atom. The van der Waals surface area contributed by atoms with Crippen molar-refractivity contribution < 1.29 is 4.79 Å². The lowest BCUT2D eigenvalue weighted by molar-refractivity contribution is -0.117. The zero-order chi connectivity index (χ0) is 17.1. The minimum atomic E-state index is 0.0723. The fourth-order valence-electron chi connectivity index (χ4n) is 3.65. The van der Waals surface area contributed by atoms with Crippen LogP contribution in [-0.4, -0.2) is 24.0 Å². The van der Waals surface area contributed by atoms with Crippen LogP contribution in [-0.2, 0) is 4.79 Å². The van der Waals surface area contributed by atoms with Gasteiger partial charge in [-0.05, 0) is 41.6 Å². The van der Waals surface area contributed by atoms with Gasteiger partial charge in [0.1, 0.15) is 0 Å². The summed E-state index contributed by atoms with van der Waals surface area (Å²) in [7, 11) is 0. The molecule has 2 N–H and O–H groups in total. The van der Waals surface area contributed by atoms with Gasteiger partial charge in [-0.25, -0.2) is 0 Å². The minimum absolute atomic E-state index is 0.0723. The monoisotopic (exact) mass is 331 g/mol. The lowest BCUT2D eigenvalue weighted by atomic mass is 9.86. The second-order valence-electron chi connectivity index (χ2n) is 6.63. The summed E-state index contributed by atoms with van der Waals surface area (Å²) in [5, 5.41) is 8.63. The van der Waals surface area contributed by atoms with Crippen LogP contribution >= 0.6 is 0 Å². The SMILES string of the molecule is O=C(CC1CNCC1c1ccccc1)Nc1ccc2cnccc2c1. The molecular formula is C21H21N3O. The number of aromatic nitrogens is 1. The second-order valence-corrected chi connectivity index (χ2v) is 6.63. The van der Waals surface area contributed by atoms with E-state index in [1.54, 1.807) is 6.20 Å². The number of fused-ring (bicyclic) bond motifs is 1. The Hall–Kier alpha value is -2.72. The second kappa shape index (κ2) is 7.03. The van der Waals surface area contributed by atoms with Crippen molar-refractivity contribution in [3.8, 4) is 0 Å². The third kappa shape index (κ3) is 3.54. The first-order valence-electron chi connectivity index (χ1n) is 8.69. The van der Waals surface area contributed by atoms with Gasteiger partial charge in [0, 0.05) is 42.4 Å². The molecule has 1 saturated heterocycles. The van der Waals surface area contributed by atoms with Crippen LogP contribution in [0, 0.1) is 5.92 Å². The van der Waals surface area contributed by atoms with Crippen molar-refractivity contribution in [3.63, 3.8) is 0 Å². The number of hydrogen-bond donors (Lipinski definition) is 2. The quantitative estimate of drug-likeness (QED) is 0.768. The van der Waals surface area contributed by atoms with Gasteiger partial charge in [0.25, 0.3) is 0 Å². The van der Waals surface area contributed by atoms with E-state index >= 15 is 0 Å². The van der Waals surface area contributed by atoms with Crippen LogP contribution in [0.2, 0.25) is 0 Å². The number of benzene rings is 2. The van der Waals surface area contributed by atoms with E-state index in [0.717, 1.165) is 29.5 Å². The van der Waals surface area contributed by atoms with Gasteiger partial charge in [-0.15, -0.1) is 0 Å². The highest BCUT2D eigenvalue weighted by Crippen LogP contribution is 2.30. The summed E-state index contributed by atoms with van der Waals surface area (Å²) >= 11 is 0. The zero-order valence-corrected chi connectivity index (χ0v) is 14.0.